The molecular formula is C6H7BFNO2. The predicted octanol–water partition coefficient (Wildman–Crippen LogP) is -0.0214. The van der Waals surface area contributed by atoms with Crippen molar-refractivity contribution in [3.8, 4) is 0 Å². The van der Waals surface area contributed by atoms with Crippen LogP contribution >= 0.6 is 0 Å². The van der Waals surface area contributed by atoms with Crippen molar-refractivity contribution in [1.82, 2.24) is 4.98 Å². The molecule has 1 heterocycles. The number of rotatable bonds is 2. The van der Waals surface area contributed by atoms with Crippen LogP contribution in [0.15, 0.2) is 18.5 Å². The third-order valence-electron chi connectivity index (χ3n) is 1.27. The van der Waals surface area contributed by atoms with E-state index in [2.05, 4.69) is 9.84 Å². The third kappa shape index (κ3) is 1.99. The Balaban J connectivity index is 2.86. The standard InChI is InChI=1S/C6H7BFNO2/c1-5-2-6(4-9-3-5)7(10)11-8/h2-4,10H,1H3. The fraction of sp³-hybridized carbons (Fsp3) is 0.167. The lowest BCUT2D eigenvalue weighted by molar-refractivity contribution is -0.0267. The van der Waals surface area contributed by atoms with Crippen LogP contribution in [0.4, 0.5) is 4.53 Å². The van der Waals surface area contributed by atoms with Crippen molar-refractivity contribution in [2.45, 2.75) is 6.92 Å². The number of aromatic nitrogens is 1. The highest BCUT2D eigenvalue weighted by molar-refractivity contribution is 6.59. The van der Waals surface area contributed by atoms with Gasteiger partial charge < -0.3 is 5.02 Å². The molecule has 5 heteroatoms. The number of halogens is 1. The minimum Gasteiger partial charge on any atom is -0.421 e. The van der Waals surface area contributed by atoms with Crippen LogP contribution in [0.5, 0.6) is 0 Å². The van der Waals surface area contributed by atoms with Crippen LogP contribution in [0.25, 0.3) is 0 Å². The largest absolute Gasteiger partial charge is 0.531 e. The molecule has 0 aliphatic carbocycles. The van der Waals surface area contributed by atoms with Gasteiger partial charge in [-0.05, 0) is 12.5 Å². The molecule has 0 atom stereocenters. The van der Waals surface area contributed by atoms with E-state index >= 15 is 0 Å². The average molecular weight is 155 g/mol. The van der Waals surface area contributed by atoms with Gasteiger partial charge in [0.25, 0.3) is 0 Å². The molecule has 3 nitrogen and oxygen atoms in total. The lowest BCUT2D eigenvalue weighted by Crippen LogP contribution is -2.31. The van der Waals surface area contributed by atoms with E-state index < -0.39 is 7.12 Å². The number of hydrogen-bond donors (Lipinski definition) is 1. The van der Waals surface area contributed by atoms with Crippen LogP contribution in [-0.2, 0) is 4.86 Å². The molecule has 0 saturated carbocycles. The van der Waals surface area contributed by atoms with Gasteiger partial charge >= 0.3 is 7.12 Å². The summed E-state index contributed by atoms with van der Waals surface area (Å²) < 4.78 is 11.4. The summed E-state index contributed by atoms with van der Waals surface area (Å²) in [7, 11) is -1.53. The highest BCUT2D eigenvalue weighted by atomic mass is 19.3. The first-order chi connectivity index (χ1) is 5.24. The zero-order valence-corrected chi connectivity index (χ0v) is 5.99. The Morgan fingerprint density at radius 2 is 2.36 bits per heavy atom. The number of nitrogens with zero attached hydrogens (tertiary/aromatic N) is 1. The van der Waals surface area contributed by atoms with Crippen molar-refractivity contribution in [3.05, 3.63) is 24.0 Å². The van der Waals surface area contributed by atoms with E-state index in [0.29, 0.717) is 5.46 Å². The van der Waals surface area contributed by atoms with Crippen LogP contribution in [0, 0.1) is 6.92 Å². The molecule has 0 fully saturated rings. The summed E-state index contributed by atoms with van der Waals surface area (Å²) in [5.74, 6) is 0. The molecule has 11 heavy (non-hydrogen) atoms. The van der Waals surface area contributed by atoms with E-state index in [1.54, 1.807) is 19.2 Å². The van der Waals surface area contributed by atoms with E-state index in [1.165, 1.54) is 6.20 Å². The van der Waals surface area contributed by atoms with Gasteiger partial charge in [0.05, 0.1) is 0 Å². The van der Waals surface area contributed by atoms with Crippen LogP contribution in [0.1, 0.15) is 5.56 Å². The first-order valence-corrected chi connectivity index (χ1v) is 3.11. The topological polar surface area (TPSA) is 42.4 Å². The first kappa shape index (κ1) is 8.16. The monoisotopic (exact) mass is 155 g/mol. The molecule has 0 amide bonds. The second kappa shape index (κ2) is 3.45. The van der Waals surface area contributed by atoms with Crippen molar-refractivity contribution in [1.29, 1.82) is 0 Å². The van der Waals surface area contributed by atoms with Crippen LogP contribution in [0.3, 0.4) is 0 Å². The van der Waals surface area contributed by atoms with Gasteiger partial charge in [0.1, 0.15) is 0 Å². The maximum atomic E-state index is 11.4. The molecule has 1 rings (SSSR count). The molecule has 58 valence electrons. The van der Waals surface area contributed by atoms with E-state index in [9.17, 15) is 4.53 Å². The van der Waals surface area contributed by atoms with Gasteiger partial charge in [-0.2, -0.15) is 0 Å². The highest BCUT2D eigenvalue weighted by Gasteiger charge is 2.17. The van der Waals surface area contributed by atoms with Gasteiger partial charge in [-0.25, -0.2) is 4.86 Å². The van der Waals surface area contributed by atoms with Gasteiger partial charge in [0.2, 0.25) is 0 Å². The predicted molar refractivity (Wildman–Crippen MR) is 38.8 cm³/mol. The maximum Gasteiger partial charge on any atom is 0.531 e. The summed E-state index contributed by atoms with van der Waals surface area (Å²) in [6, 6.07) is 1.59. The summed E-state index contributed by atoms with van der Waals surface area (Å²) >= 11 is 0. The molecule has 0 radical (unpaired) electrons. The molecule has 1 aromatic rings. The minimum atomic E-state index is -1.53. The molecule has 0 spiro atoms. The highest BCUT2D eigenvalue weighted by Crippen LogP contribution is 1.91. The smallest absolute Gasteiger partial charge is 0.421 e. The van der Waals surface area contributed by atoms with E-state index in [0.717, 1.165) is 5.56 Å². The van der Waals surface area contributed by atoms with E-state index in [-0.39, 0.29) is 0 Å². The van der Waals surface area contributed by atoms with Gasteiger partial charge in [-0.1, -0.05) is 10.6 Å². The van der Waals surface area contributed by atoms with Crippen molar-refractivity contribution >= 4 is 12.6 Å². The van der Waals surface area contributed by atoms with Crippen LogP contribution in [-0.4, -0.2) is 17.1 Å². The van der Waals surface area contributed by atoms with Gasteiger partial charge in [0.15, 0.2) is 0 Å². The average Bonchev–Trinajstić information content (AvgIpc) is 2.03. The van der Waals surface area contributed by atoms with Crippen molar-refractivity contribution in [2.24, 2.45) is 0 Å². The Kier molecular flexibility index (Phi) is 2.56. The zero-order chi connectivity index (χ0) is 8.27. The van der Waals surface area contributed by atoms with Gasteiger partial charge in [0, 0.05) is 17.9 Å². The minimum absolute atomic E-state index is 0.313. The normalized spacial score (nSPS) is 9.73. The number of hydrogen-bond acceptors (Lipinski definition) is 3. The lowest BCUT2D eigenvalue weighted by atomic mass is 9.81. The first-order valence-electron chi connectivity index (χ1n) is 3.11. The molecule has 0 aliphatic heterocycles. The second-order valence-electron chi connectivity index (χ2n) is 2.24. The van der Waals surface area contributed by atoms with Crippen LogP contribution < -0.4 is 5.46 Å². The van der Waals surface area contributed by atoms with Crippen molar-refractivity contribution in [3.63, 3.8) is 0 Å². The quantitative estimate of drug-likeness (QED) is 0.610. The Morgan fingerprint density at radius 1 is 1.64 bits per heavy atom. The zero-order valence-electron chi connectivity index (χ0n) is 5.99. The summed E-state index contributed by atoms with van der Waals surface area (Å²) in [6.45, 7) is 1.79. The summed E-state index contributed by atoms with van der Waals surface area (Å²) in [6.07, 6.45) is 2.95. The molecular weight excluding hydrogens is 148 g/mol. The second-order valence-corrected chi connectivity index (χ2v) is 2.24. The van der Waals surface area contributed by atoms with Gasteiger partial charge in [-0.15, -0.1) is 0 Å². The summed E-state index contributed by atoms with van der Waals surface area (Å²) in [4.78, 5) is 6.95. The Labute approximate surface area is 63.9 Å². The number of pyridine rings is 1. The third-order valence-corrected chi connectivity index (χ3v) is 1.27. The molecule has 0 saturated heterocycles. The maximum absolute atomic E-state index is 11.4. The fourth-order valence-electron chi connectivity index (χ4n) is 0.765. The molecule has 0 aliphatic rings. The van der Waals surface area contributed by atoms with Crippen molar-refractivity contribution in [2.75, 3.05) is 0 Å². The van der Waals surface area contributed by atoms with Gasteiger partial charge in [-0.3, -0.25) is 4.98 Å². The molecule has 0 unspecified atom stereocenters. The Morgan fingerprint density at radius 3 is 2.91 bits per heavy atom. The molecule has 1 N–H and O–H groups in total. The Bertz CT molecular complexity index is 246. The van der Waals surface area contributed by atoms with Crippen molar-refractivity contribution < 1.29 is 14.4 Å². The fourth-order valence-corrected chi connectivity index (χ4v) is 0.765. The molecule has 1 aromatic heterocycles. The lowest BCUT2D eigenvalue weighted by Gasteiger charge is -1.99. The Hall–Kier alpha value is -0.935. The van der Waals surface area contributed by atoms with Crippen LogP contribution in [0.2, 0.25) is 0 Å². The van der Waals surface area contributed by atoms with E-state index in [1.807, 2.05) is 0 Å². The molecule has 0 bridgehead atoms. The van der Waals surface area contributed by atoms with E-state index in [4.69, 9.17) is 5.02 Å². The summed E-state index contributed by atoms with van der Waals surface area (Å²) in [5, 5.41) is 8.82. The summed E-state index contributed by atoms with van der Waals surface area (Å²) in [5.41, 5.74) is 1.16. The number of aryl methyl sites for hydroxylation is 1. The SMILES string of the molecule is Cc1cncc(B(O)OF)c1. The molecule has 0 aromatic carbocycles.